The second kappa shape index (κ2) is 7.42. The van der Waals surface area contributed by atoms with E-state index >= 15 is 0 Å². The van der Waals surface area contributed by atoms with Gasteiger partial charge in [-0.2, -0.15) is 0 Å². The van der Waals surface area contributed by atoms with E-state index < -0.39 is 0 Å². The van der Waals surface area contributed by atoms with Gasteiger partial charge in [0.05, 0.1) is 10.2 Å². The van der Waals surface area contributed by atoms with E-state index in [4.69, 9.17) is 4.74 Å². The van der Waals surface area contributed by atoms with Gasteiger partial charge < -0.3 is 10.1 Å². The van der Waals surface area contributed by atoms with Gasteiger partial charge in [-0.3, -0.25) is 0 Å². The third-order valence-electron chi connectivity index (χ3n) is 2.71. The van der Waals surface area contributed by atoms with Crippen molar-refractivity contribution >= 4 is 28.4 Å². The van der Waals surface area contributed by atoms with Crippen LogP contribution in [0.3, 0.4) is 0 Å². The zero-order valence-corrected chi connectivity index (χ0v) is 13.8. The molecule has 1 aromatic heterocycles. The fourth-order valence-corrected chi connectivity index (χ4v) is 2.19. The van der Waals surface area contributed by atoms with Gasteiger partial charge in [0.25, 0.3) is 0 Å². The predicted molar refractivity (Wildman–Crippen MR) is 90.1 cm³/mol. The number of halogens is 1. The maximum atomic E-state index is 5.44. The molecule has 2 rings (SSSR count). The highest BCUT2D eigenvalue weighted by molar-refractivity contribution is 14.1. The smallest absolute Gasteiger partial charge is 0.161 e. The van der Waals surface area contributed by atoms with Gasteiger partial charge >= 0.3 is 0 Å². The lowest BCUT2D eigenvalue weighted by Gasteiger charge is -2.09. The van der Waals surface area contributed by atoms with E-state index in [0.29, 0.717) is 6.61 Å². The van der Waals surface area contributed by atoms with E-state index in [2.05, 4.69) is 44.8 Å². The first-order valence-electron chi connectivity index (χ1n) is 6.74. The molecule has 0 unspecified atom stereocenters. The average Bonchev–Trinajstić information content (AvgIpc) is 2.48. The van der Waals surface area contributed by atoms with Gasteiger partial charge in [-0.05, 0) is 60.2 Å². The standard InChI is InChI=1S/C15H18IN3O/c1-3-9-17-15-13(16)10-18-14(19-15)11-5-7-12(8-6-11)20-4-2/h5-8,10H,3-4,9H2,1-2H3,(H,17,18,19). The van der Waals surface area contributed by atoms with Crippen LogP contribution >= 0.6 is 22.6 Å². The molecular weight excluding hydrogens is 365 g/mol. The molecule has 0 spiro atoms. The maximum absolute atomic E-state index is 5.44. The molecule has 0 aliphatic rings. The fourth-order valence-electron chi connectivity index (χ4n) is 1.74. The van der Waals surface area contributed by atoms with Crippen molar-refractivity contribution in [3.63, 3.8) is 0 Å². The van der Waals surface area contributed by atoms with E-state index in [1.165, 1.54) is 0 Å². The SMILES string of the molecule is CCCNc1nc(-c2ccc(OCC)cc2)ncc1I. The van der Waals surface area contributed by atoms with Crippen molar-refractivity contribution in [2.45, 2.75) is 20.3 Å². The molecule has 0 aliphatic heterocycles. The van der Waals surface area contributed by atoms with Crippen molar-refractivity contribution in [1.29, 1.82) is 0 Å². The lowest BCUT2D eigenvalue weighted by atomic mass is 10.2. The topological polar surface area (TPSA) is 47.0 Å². The number of benzene rings is 1. The third kappa shape index (κ3) is 3.82. The van der Waals surface area contributed by atoms with Crippen LogP contribution < -0.4 is 10.1 Å². The molecule has 1 heterocycles. The first-order chi connectivity index (χ1) is 9.74. The van der Waals surface area contributed by atoms with Crippen LogP contribution in [0.2, 0.25) is 0 Å². The summed E-state index contributed by atoms with van der Waals surface area (Å²) in [6.45, 7) is 5.69. The highest BCUT2D eigenvalue weighted by atomic mass is 127. The van der Waals surface area contributed by atoms with Crippen molar-refractivity contribution in [2.24, 2.45) is 0 Å². The summed E-state index contributed by atoms with van der Waals surface area (Å²) in [5, 5.41) is 3.32. The van der Waals surface area contributed by atoms with Gasteiger partial charge in [-0.25, -0.2) is 9.97 Å². The molecule has 4 nitrogen and oxygen atoms in total. The monoisotopic (exact) mass is 383 g/mol. The van der Waals surface area contributed by atoms with Gasteiger partial charge in [0.15, 0.2) is 5.82 Å². The van der Waals surface area contributed by atoms with Crippen LogP contribution in [-0.2, 0) is 0 Å². The maximum Gasteiger partial charge on any atom is 0.161 e. The van der Waals surface area contributed by atoms with E-state index in [1.54, 1.807) is 0 Å². The molecule has 0 atom stereocenters. The molecule has 0 fully saturated rings. The Morgan fingerprint density at radius 2 is 1.95 bits per heavy atom. The lowest BCUT2D eigenvalue weighted by Crippen LogP contribution is -2.05. The molecular formula is C15H18IN3O. The largest absolute Gasteiger partial charge is 0.494 e. The first-order valence-corrected chi connectivity index (χ1v) is 7.82. The molecule has 0 saturated carbocycles. The highest BCUT2D eigenvalue weighted by Crippen LogP contribution is 2.22. The summed E-state index contributed by atoms with van der Waals surface area (Å²) in [5.74, 6) is 2.49. The summed E-state index contributed by atoms with van der Waals surface area (Å²) < 4.78 is 6.47. The Labute approximate surface area is 133 Å². The Kier molecular flexibility index (Phi) is 5.58. The van der Waals surface area contributed by atoms with Crippen molar-refractivity contribution in [3.05, 3.63) is 34.0 Å². The van der Waals surface area contributed by atoms with Crippen molar-refractivity contribution in [1.82, 2.24) is 9.97 Å². The minimum Gasteiger partial charge on any atom is -0.494 e. The van der Waals surface area contributed by atoms with Crippen LogP contribution in [0, 0.1) is 3.57 Å². The minimum atomic E-state index is 0.671. The molecule has 2 aromatic rings. The molecule has 0 aliphatic carbocycles. The molecule has 106 valence electrons. The summed E-state index contributed by atoms with van der Waals surface area (Å²) in [6.07, 6.45) is 2.91. The number of rotatable bonds is 6. The van der Waals surface area contributed by atoms with E-state index in [1.807, 2.05) is 37.4 Å². The van der Waals surface area contributed by atoms with Crippen molar-refractivity contribution in [3.8, 4) is 17.1 Å². The van der Waals surface area contributed by atoms with Crippen molar-refractivity contribution < 1.29 is 4.74 Å². The van der Waals surface area contributed by atoms with Gasteiger partial charge in [-0.1, -0.05) is 6.92 Å². The van der Waals surface area contributed by atoms with Crippen LogP contribution in [0.4, 0.5) is 5.82 Å². The second-order valence-corrected chi connectivity index (χ2v) is 5.44. The van der Waals surface area contributed by atoms with Crippen LogP contribution in [0.15, 0.2) is 30.5 Å². The van der Waals surface area contributed by atoms with E-state index in [-0.39, 0.29) is 0 Å². The predicted octanol–water partition coefficient (Wildman–Crippen LogP) is 3.97. The number of anilines is 1. The van der Waals surface area contributed by atoms with Crippen LogP contribution in [-0.4, -0.2) is 23.1 Å². The van der Waals surface area contributed by atoms with Crippen molar-refractivity contribution in [2.75, 3.05) is 18.5 Å². The lowest BCUT2D eigenvalue weighted by molar-refractivity contribution is 0.340. The molecule has 0 saturated heterocycles. The molecule has 0 amide bonds. The van der Waals surface area contributed by atoms with Gasteiger partial charge in [-0.15, -0.1) is 0 Å². The second-order valence-electron chi connectivity index (χ2n) is 4.27. The van der Waals surface area contributed by atoms with Crippen LogP contribution in [0.5, 0.6) is 5.75 Å². The van der Waals surface area contributed by atoms with E-state index in [9.17, 15) is 0 Å². The third-order valence-corrected chi connectivity index (χ3v) is 3.50. The quantitative estimate of drug-likeness (QED) is 0.767. The van der Waals surface area contributed by atoms with Crippen LogP contribution in [0.25, 0.3) is 11.4 Å². The van der Waals surface area contributed by atoms with Gasteiger partial charge in [0.2, 0.25) is 0 Å². The minimum absolute atomic E-state index is 0.671. The first kappa shape index (κ1) is 15.0. The highest BCUT2D eigenvalue weighted by Gasteiger charge is 2.06. The van der Waals surface area contributed by atoms with E-state index in [0.717, 1.165) is 39.5 Å². The molecule has 0 bridgehead atoms. The summed E-state index contributed by atoms with van der Waals surface area (Å²) in [4.78, 5) is 8.98. The molecule has 5 heteroatoms. The summed E-state index contributed by atoms with van der Waals surface area (Å²) in [6, 6.07) is 7.85. The fraction of sp³-hybridized carbons (Fsp3) is 0.333. The summed E-state index contributed by atoms with van der Waals surface area (Å²) >= 11 is 2.24. The molecule has 20 heavy (non-hydrogen) atoms. The zero-order valence-electron chi connectivity index (χ0n) is 11.7. The number of nitrogens with one attached hydrogen (secondary N) is 1. The average molecular weight is 383 g/mol. The van der Waals surface area contributed by atoms with Gasteiger partial charge in [0.1, 0.15) is 11.6 Å². The Morgan fingerprint density at radius 3 is 2.60 bits per heavy atom. The normalized spacial score (nSPS) is 10.3. The Hall–Kier alpha value is -1.37. The number of ether oxygens (including phenoxy) is 1. The number of nitrogens with zero attached hydrogens (tertiary/aromatic N) is 2. The van der Waals surface area contributed by atoms with Gasteiger partial charge in [0, 0.05) is 18.3 Å². The number of hydrogen-bond donors (Lipinski definition) is 1. The summed E-state index contributed by atoms with van der Waals surface area (Å²) in [7, 11) is 0. The molecule has 0 radical (unpaired) electrons. The molecule has 1 aromatic carbocycles. The zero-order chi connectivity index (χ0) is 14.4. The summed E-state index contributed by atoms with van der Waals surface area (Å²) in [5.41, 5.74) is 0.990. The van der Waals surface area contributed by atoms with Crippen LogP contribution in [0.1, 0.15) is 20.3 Å². The molecule has 1 N–H and O–H groups in total. The Bertz CT molecular complexity index is 558. The number of hydrogen-bond acceptors (Lipinski definition) is 4. The Morgan fingerprint density at radius 1 is 1.20 bits per heavy atom. The number of aromatic nitrogens is 2. The Balaban J connectivity index is 2.23.